The molecule has 1 heterocycles. The van der Waals surface area contributed by atoms with Gasteiger partial charge in [0.2, 0.25) is 0 Å². The predicted octanol–water partition coefficient (Wildman–Crippen LogP) is 2.62. The predicted molar refractivity (Wildman–Crippen MR) is 76.8 cm³/mol. The van der Waals surface area contributed by atoms with Crippen LogP contribution in [0.1, 0.15) is 17.1 Å². The van der Waals surface area contributed by atoms with Crippen molar-refractivity contribution in [2.75, 3.05) is 14.2 Å². The lowest BCUT2D eigenvalue weighted by atomic mass is 10.2. The maximum atomic E-state index is 6.06. The monoisotopic (exact) mass is 279 g/mol. The molecule has 0 unspecified atom stereocenters. The molecular weight excluding hydrogens is 262 g/mol. The first-order chi connectivity index (χ1) is 9.15. The van der Waals surface area contributed by atoms with Gasteiger partial charge in [0.15, 0.2) is 0 Å². The summed E-state index contributed by atoms with van der Waals surface area (Å²) in [5.41, 5.74) is 2.19. The van der Waals surface area contributed by atoms with Crippen LogP contribution in [-0.4, -0.2) is 23.7 Å². The molecule has 0 fully saturated rings. The molecule has 2 rings (SSSR count). The van der Waals surface area contributed by atoms with Crippen LogP contribution >= 0.6 is 11.6 Å². The van der Waals surface area contributed by atoms with E-state index in [-0.39, 0.29) is 0 Å². The minimum Gasteiger partial charge on any atom is -0.496 e. The molecule has 0 saturated carbocycles. The Morgan fingerprint density at radius 1 is 1.42 bits per heavy atom. The van der Waals surface area contributed by atoms with Gasteiger partial charge in [-0.05, 0) is 32.2 Å². The van der Waals surface area contributed by atoms with Crippen molar-refractivity contribution in [1.29, 1.82) is 0 Å². The average Bonchev–Trinajstić information content (AvgIpc) is 2.72. The molecule has 1 N–H and O–H groups in total. The highest BCUT2D eigenvalue weighted by Crippen LogP contribution is 2.24. The summed E-state index contributed by atoms with van der Waals surface area (Å²) in [6.45, 7) is 3.48. The minimum atomic E-state index is 0.701. The van der Waals surface area contributed by atoms with Gasteiger partial charge in [0.05, 0.1) is 19.3 Å². The van der Waals surface area contributed by atoms with Crippen molar-refractivity contribution in [1.82, 2.24) is 14.9 Å². The Kier molecular flexibility index (Phi) is 4.45. The first kappa shape index (κ1) is 13.9. The number of hydrogen-bond donors (Lipinski definition) is 1. The first-order valence-electron chi connectivity index (χ1n) is 6.13. The maximum absolute atomic E-state index is 6.06. The summed E-state index contributed by atoms with van der Waals surface area (Å²) >= 11 is 6.06. The summed E-state index contributed by atoms with van der Waals surface area (Å²) < 4.78 is 7.54. The summed E-state index contributed by atoms with van der Waals surface area (Å²) in [5.74, 6) is 1.82. The van der Waals surface area contributed by atoms with Crippen molar-refractivity contribution in [2.45, 2.75) is 20.0 Å². The van der Waals surface area contributed by atoms with Crippen LogP contribution < -0.4 is 10.1 Å². The van der Waals surface area contributed by atoms with Gasteiger partial charge in [0.25, 0.3) is 0 Å². The Balaban J connectivity index is 2.35. The van der Waals surface area contributed by atoms with Gasteiger partial charge in [-0.2, -0.15) is 0 Å². The van der Waals surface area contributed by atoms with Gasteiger partial charge in [-0.3, -0.25) is 0 Å². The lowest BCUT2D eigenvalue weighted by Crippen LogP contribution is -2.13. The lowest BCUT2D eigenvalue weighted by molar-refractivity contribution is 0.408. The highest BCUT2D eigenvalue weighted by Gasteiger charge is 2.10. The van der Waals surface area contributed by atoms with E-state index in [1.54, 1.807) is 7.11 Å². The number of aromatic nitrogens is 2. The zero-order valence-corrected chi connectivity index (χ0v) is 12.2. The largest absolute Gasteiger partial charge is 0.496 e. The van der Waals surface area contributed by atoms with Crippen LogP contribution in [0.4, 0.5) is 0 Å². The molecule has 0 saturated heterocycles. The van der Waals surface area contributed by atoms with E-state index in [1.807, 2.05) is 38.4 Å². The zero-order valence-electron chi connectivity index (χ0n) is 11.4. The molecule has 0 aliphatic carbocycles. The Morgan fingerprint density at radius 3 is 2.89 bits per heavy atom. The molecule has 0 bridgehead atoms. The number of imidazole rings is 1. The fourth-order valence-corrected chi connectivity index (χ4v) is 2.29. The van der Waals surface area contributed by atoms with E-state index in [2.05, 4.69) is 14.9 Å². The van der Waals surface area contributed by atoms with Gasteiger partial charge in [-0.25, -0.2) is 4.98 Å². The summed E-state index contributed by atoms with van der Waals surface area (Å²) in [7, 11) is 3.59. The molecule has 0 atom stereocenters. The van der Waals surface area contributed by atoms with E-state index in [0.29, 0.717) is 11.6 Å². The third-order valence-corrected chi connectivity index (χ3v) is 3.30. The average molecular weight is 280 g/mol. The number of aryl methyl sites for hydroxylation is 1. The number of nitrogens with zero attached hydrogens (tertiary/aromatic N) is 2. The fourth-order valence-electron chi connectivity index (χ4n) is 2.09. The summed E-state index contributed by atoms with van der Waals surface area (Å²) in [5, 5.41) is 3.86. The van der Waals surface area contributed by atoms with Crippen molar-refractivity contribution in [3.05, 3.63) is 46.5 Å². The number of nitrogens with one attached hydrogen (secondary N) is 1. The minimum absolute atomic E-state index is 0.701. The van der Waals surface area contributed by atoms with Gasteiger partial charge in [0, 0.05) is 23.3 Å². The molecule has 0 radical (unpaired) electrons. The van der Waals surface area contributed by atoms with E-state index in [9.17, 15) is 0 Å². The highest BCUT2D eigenvalue weighted by molar-refractivity contribution is 6.30. The summed E-state index contributed by atoms with van der Waals surface area (Å²) in [4.78, 5) is 4.36. The van der Waals surface area contributed by atoms with Crippen LogP contribution in [0.15, 0.2) is 24.4 Å². The van der Waals surface area contributed by atoms with Crippen LogP contribution in [0.25, 0.3) is 0 Å². The Hall–Kier alpha value is -1.52. The smallest absolute Gasteiger partial charge is 0.123 e. The van der Waals surface area contributed by atoms with Crippen molar-refractivity contribution in [3.8, 4) is 5.75 Å². The molecular formula is C14H18ClN3O. The molecule has 0 spiro atoms. The van der Waals surface area contributed by atoms with Crippen LogP contribution in [0.2, 0.25) is 5.02 Å². The van der Waals surface area contributed by atoms with Crippen molar-refractivity contribution >= 4 is 11.6 Å². The Morgan fingerprint density at radius 2 is 2.21 bits per heavy atom. The van der Waals surface area contributed by atoms with Gasteiger partial charge in [0.1, 0.15) is 11.6 Å². The third kappa shape index (κ3) is 3.08. The van der Waals surface area contributed by atoms with Crippen LogP contribution in [-0.2, 0) is 13.1 Å². The van der Waals surface area contributed by atoms with E-state index in [0.717, 1.165) is 29.4 Å². The summed E-state index contributed by atoms with van der Waals surface area (Å²) in [6, 6.07) is 5.66. The number of benzene rings is 1. The zero-order chi connectivity index (χ0) is 13.8. The second-order valence-electron chi connectivity index (χ2n) is 4.37. The van der Waals surface area contributed by atoms with Gasteiger partial charge in [-0.1, -0.05) is 11.6 Å². The number of hydrogen-bond acceptors (Lipinski definition) is 3. The van der Waals surface area contributed by atoms with E-state index in [4.69, 9.17) is 16.3 Å². The second kappa shape index (κ2) is 6.08. The molecule has 2 aromatic rings. The Bertz CT molecular complexity index is 566. The van der Waals surface area contributed by atoms with Crippen molar-refractivity contribution < 1.29 is 4.74 Å². The van der Waals surface area contributed by atoms with Crippen molar-refractivity contribution in [2.24, 2.45) is 0 Å². The molecule has 1 aromatic carbocycles. The fraction of sp³-hybridized carbons (Fsp3) is 0.357. The third-order valence-electron chi connectivity index (χ3n) is 3.07. The number of halogens is 1. The number of ether oxygens (including phenoxy) is 1. The van der Waals surface area contributed by atoms with Gasteiger partial charge >= 0.3 is 0 Å². The molecule has 4 nitrogen and oxygen atoms in total. The topological polar surface area (TPSA) is 39.1 Å². The second-order valence-corrected chi connectivity index (χ2v) is 4.81. The lowest BCUT2D eigenvalue weighted by Gasteiger charge is -2.13. The molecule has 0 aliphatic rings. The molecule has 1 aromatic heterocycles. The molecule has 0 amide bonds. The normalized spacial score (nSPS) is 10.7. The van der Waals surface area contributed by atoms with E-state index < -0.39 is 0 Å². The number of rotatable bonds is 5. The van der Waals surface area contributed by atoms with Crippen molar-refractivity contribution in [3.63, 3.8) is 0 Å². The quantitative estimate of drug-likeness (QED) is 0.914. The van der Waals surface area contributed by atoms with Gasteiger partial charge < -0.3 is 14.6 Å². The standard InChI is InChI=1S/C14H18ClN3O/c1-10-17-8-13(7-16-2)18(10)9-11-6-12(15)4-5-14(11)19-3/h4-6,8,16H,7,9H2,1-3H3. The first-order valence-corrected chi connectivity index (χ1v) is 6.51. The number of methoxy groups -OCH3 is 1. The van der Waals surface area contributed by atoms with E-state index >= 15 is 0 Å². The molecule has 0 aliphatic heterocycles. The van der Waals surface area contributed by atoms with Crippen LogP contribution in [0.5, 0.6) is 5.75 Å². The molecule has 19 heavy (non-hydrogen) atoms. The van der Waals surface area contributed by atoms with E-state index in [1.165, 1.54) is 0 Å². The summed E-state index contributed by atoms with van der Waals surface area (Å²) in [6.07, 6.45) is 1.89. The maximum Gasteiger partial charge on any atom is 0.123 e. The molecule has 102 valence electrons. The van der Waals surface area contributed by atoms with Crippen LogP contribution in [0.3, 0.4) is 0 Å². The SMILES string of the molecule is CNCc1cnc(C)n1Cc1cc(Cl)ccc1OC. The molecule has 5 heteroatoms. The Labute approximate surface area is 118 Å². The highest BCUT2D eigenvalue weighted by atomic mass is 35.5. The van der Waals surface area contributed by atoms with Gasteiger partial charge in [-0.15, -0.1) is 0 Å². The van der Waals surface area contributed by atoms with Crippen LogP contribution in [0, 0.1) is 6.92 Å².